The molecule has 0 heterocycles. The fourth-order valence-corrected chi connectivity index (χ4v) is 3.51. The van der Waals surface area contributed by atoms with E-state index in [4.69, 9.17) is 5.73 Å². The first kappa shape index (κ1) is 14.9. The standard InChI is InChI=1S/C12H26N2O2S/c1-12(2,9-13)10-14(3)17(15,16)8-7-11-5-4-6-11/h11H,4-10,13H2,1-3H3. The average Bonchev–Trinajstić information content (AvgIpc) is 2.14. The Labute approximate surface area is 106 Å². The van der Waals surface area contributed by atoms with Crippen LogP contribution in [0.15, 0.2) is 0 Å². The summed E-state index contributed by atoms with van der Waals surface area (Å²) >= 11 is 0. The van der Waals surface area contributed by atoms with Crippen molar-refractivity contribution in [1.82, 2.24) is 4.31 Å². The highest BCUT2D eigenvalue weighted by molar-refractivity contribution is 7.89. The third-order valence-electron chi connectivity index (χ3n) is 3.69. The van der Waals surface area contributed by atoms with Crippen molar-refractivity contribution in [3.05, 3.63) is 0 Å². The Bertz CT molecular complexity index is 334. The van der Waals surface area contributed by atoms with Crippen molar-refractivity contribution < 1.29 is 8.42 Å². The fourth-order valence-electron chi connectivity index (χ4n) is 2.02. The van der Waals surface area contributed by atoms with Gasteiger partial charge in [0, 0.05) is 13.6 Å². The molecule has 0 radical (unpaired) electrons. The van der Waals surface area contributed by atoms with Crippen LogP contribution < -0.4 is 5.73 Å². The molecule has 2 N–H and O–H groups in total. The van der Waals surface area contributed by atoms with E-state index in [2.05, 4.69) is 0 Å². The molecule has 1 fully saturated rings. The first-order valence-corrected chi connectivity index (χ1v) is 8.02. The summed E-state index contributed by atoms with van der Waals surface area (Å²) in [6, 6.07) is 0. The second-order valence-corrected chi connectivity index (χ2v) is 8.22. The smallest absolute Gasteiger partial charge is 0.213 e. The predicted molar refractivity (Wildman–Crippen MR) is 71.2 cm³/mol. The van der Waals surface area contributed by atoms with Gasteiger partial charge in [0.1, 0.15) is 0 Å². The summed E-state index contributed by atoms with van der Waals surface area (Å²) in [6.07, 6.45) is 4.48. The molecule has 4 nitrogen and oxygen atoms in total. The van der Waals surface area contributed by atoms with Gasteiger partial charge in [-0.05, 0) is 24.3 Å². The Morgan fingerprint density at radius 2 is 1.94 bits per heavy atom. The van der Waals surface area contributed by atoms with Crippen LogP contribution >= 0.6 is 0 Å². The fraction of sp³-hybridized carbons (Fsp3) is 1.00. The van der Waals surface area contributed by atoms with Gasteiger partial charge in [-0.2, -0.15) is 0 Å². The zero-order valence-electron chi connectivity index (χ0n) is 11.3. The predicted octanol–water partition coefficient (Wildman–Crippen LogP) is 1.42. The molecule has 1 rings (SSSR count). The summed E-state index contributed by atoms with van der Waals surface area (Å²) in [4.78, 5) is 0. The lowest BCUT2D eigenvalue weighted by Gasteiger charge is -2.30. The van der Waals surface area contributed by atoms with Crippen molar-refractivity contribution in [1.29, 1.82) is 0 Å². The lowest BCUT2D eigenvalue weighted by molar-refractivity contribution is 0.285. The van der Waals surface area contributed by atoms with Crippen LogP contribution in [-0.4, -0.2) is 38.6 Å². The minimum absolute atomic E-state index is 0.154. The first-order valence-electron chi connectivity index (χ1n) is 6.41. The molecular formula is C12H26N2O2S. The van der Waals surface area contributed by atoms with E-state index in [1.54, 1.807) is 7.05 Å². The highest BCUT2D eigenvalue weighted by Gasteiger charge is 2.27. The number of sulfonamides is 1. The summed E-state index contributed by atoms with van der Waals surface area (Å²) in [5.74, 6) is 0.926. The van der Waals surface area contributed by atoms with Crippen molar-refractivity contribution in [3.8, 4) is 0 Å². The van der Waals surface area contributed by atoms with Crippen LogP contribution in [-0.2, 0) is 10.0 Å². The minimum Gasteiger partial charge on any atom is -0.330 e. The lowest BCUT2D eigenvalue weighted by atomic mass is 9.84. The van der Waals surface area contributed by atoms with Crippen LogP contribution in [0, 0.1) is 11.3 Å². The second-order valence-electron chi connectivity index (χ2n) is 6.03. The van der Waals surface area contributed by atoms with E-state index in [9.17, 15) is 8.42 Å². The first-order chi connectivity index (χ1) is 7.77. The van der Waals surface area contributed by atoms with E-state index < -0.39 is 10.0 Å². The van der Waals surface area contributed by atoms with Crippen molar-refractivity contribution in [2.45, 2.75) is 39.5 Å². The molecule has 0 amide bonds. The van der Waals surface area contributed by atoms with Crippen molar-refractivity contribution in [3.63, 3.8) is 0 Å². The second kappa shape index (κ2) is 5.67. The monoisotopic (exact) mass is 262 g/mol. The molecule has 0 spiro atoms. The van der Waals surface area contributed by atoms with Gasteiger partial charge >= 0.3 is 0 Å². The highest BCUT2D eigenvalue weighted by atomic mass is 32.2. The Balaban J connectivity index is 2.44. The van der Waals surface area contributed by atoms with Crippen molar-refractivity contribution in [2.24, 2.45) is 17.1 Å². The van der Waals surface area contributed by atoms with Crippen LogP contribution in [0.3, 0.4) is 0 Å². The van der Waals surface area contributed by atoms with Gasteiger partial charge in [-0.15, -0.1) is 0 Å². The Morgan fingerprint density at radius 3 is 2.35 bits per heavy atom. The third-order valence-corrected chi connectivity index (χ3v) is 5.52. The SMILES string of the molecule is CN(CC(C)(C)CN)S(=O)(=O)CCC1CCC1. The van der Waals surface area contributed by atoms with Gasteiger partial charge in [0.15, 0.2) is 0 Å². The zero-order chi connectivity index (χ0) is 13.1. The van der Waals surface area contributed by atoms with E-state index in [-0.39, 0.29) is 11.2 Å². The number of hydrogen-bond donors (Lipinski definition) is 1. The van der Waals surface area contributed by atoms with Crippen molar-refractivity contribution >= 4 is 10.0 Å². The molecule has 0 aromatic rings. The molecule has 0 bridgehead atoms. The van der Waals surface area contributed by atoms with E-state index in [1.807, 2.05) is 13.8 Å². The highest BCUT2D eigenvalue weighted by Crippen LogP contribution is 2.30. The average molecular weight is 262 g/mol. The van der Waals surface area contributed by atoms with Gasteiger partial charge in [0.2, 0.25) is 10.0 Å². The van der Waals surface area contributed by atoms with Crippen LogP contribution in [0.2, 0.25) is 0 Å². The molecule has 17 heavy (non-hydrogen) atoms. The Kier molecular flexibility index (Phi) is 4.98. The molecule has 0 atom stereocenters. The molecular weight excluding hydrogens is 236 g/mol. The van der Waals surface area contributed by atoms with Crippen LogP contribution in [0.25, 0.3) is 0 Å². The molecule has 1 aliphatic carbocycles. The van der Waals surface area contributed by atoms with E-state index >= 15 is 0 Å². The van der Waals surface area contributed by atoms with Gasteiger partial charge in [-0.25, -0.2) is 12.7 Å². The maximum absolute atomic E-state index is 12.1. The Morgan fingerprint density at radius 1 is 1.35 bits per heavy atom. The molecule has 0 saturated heterocycles. The normalized spacial score (nSPS) is 18.4. The van der Waals surface area contributed by atoms with Gasteiger partial charge in [0.25, 0.3) is 0 Å². The van der Waals surface area contributed by atoms with Crippen molar-refractivity contribution in [2.75, 3.05) is 25.9 Å². The van der Waals surface area contributed by atoms with Gasteiger partial charge in [0.05, 0.1) is 5.75 Å². The van der Waals surface area contributed by atoms with Crippen LogP contribution in [0.4, 0.5) is 0 Å². The molecule has 1 saturated carbocycles. The molecule has 0 aliphatic heterocycles. The topological polar surface area (TPSA) is 63.4 Å². The number of rotatable bonds is 7. The summed E-state index contributed by atoms with van der Waals surface area (Å²) in [5.41, 5.74) is 5.47. The van der Waals surface area contributed by atoms with Gasteiger partial charge < -0.3 is 5.73 Å². The number of nitrogens with two attached hydrogens (primary N) is 1. The maximum Gasteiger partial charge on any atom is 0.213 e. The molecule has 0 unspecified atom stereocenters. The number of nitrogens with zero attached hydrogens (tertiary/aromatic N) is 1. The van der Waals surface area contributed by atoms with Crippen LogP contribution in [0.5, 0.6) is 0 Å². The Hall–Kier alpha value is -0.130. The summed E-state index contributed by atoms with van der Waals surface area (Å²) in [5, 5.41) is 0. The van der Waals surface area contributed by atoms with E-state index in [1.165, 1.54) is 23.6 Å². The molecule has 5 heteroatoms. The largest absolute Gasteiger partial charge is 0.330 e. The quantitative estimate of drug-likeness (QED) is 0.755. The maximum atomic E-state index is 12.1. The third kappa shape index (κ3) is 4.56. The summed E-state index contributed by atoms with van der Waals surface area (Å²) < 4.78 is 25.6. The van der Waals surface area contributed by atoms with Gasteiger partial charge in [-0.3, -0.25) is 0 Å². The molecule has 0 aromatic carbocycles. The number of hydrogen-bond acceptors (Lipinski definition) is 3. The summed E-state index contributed by atoms with van der Waals surface area (Å²) in [6.45, 7) is 4.97. The molecule has 1 aliphatic rings. The molecule has 0 aromatic heterocycles. The molecule has 102 valence electrons. The van der Waals surface area contributed by atoms with E-state index in [0.29, 0.717) is 19.0 Å². The van der Waals surface area contributed by atoms with Gasteiger partial charge in [-0.1, -0.05) is 33.1 Å². The zero-order valence-corrected chi connectivity index (χ0v) is 12.1. The lowest BCUT2D eigenvalue weighted by Crippen LogP contribution is -2.41. The van der Waals surface area contributed by atoms with Crippen LogP contribution in [0.1, 0.15) is 39.5 Å². The minimum atomic E-state index is -3.10. The summed E-state index contributed by atoms with van der Waals surface area (Å²) in [7, 11) is -1.44. The van der Waals surface area contributed by atoms with E-state index in [0.717, 1.165) is 6.42 Å².